The number of rotatable bonds is 3. The fourth-order valence-corrected chi connectivity index (χ4v) is 2.83. The number of halogens is 3. The largest absolute Gasteiger partial charge is 0.321 e. The Hall–Kier alpha value is -0.710. The number of benzene rings is 2. The SMILES string of the molecule is CC(N)(Cc1cccc(F)c1Br)c1cccc(Br)c1. The highest BCUT2D eigenvalue weighted by molar-refractivity contribution is 9.10. The van der Waals surface area contributed by atoms with Crippen molar-refractivity contribution >= 4 is 31.9 Å². The molecule has 0 aliphatic rings. The van der Waals surface area contributed by atoms with E-state index in [0.29, 0.717) is 10.9 Å². The predicted molar refractivity (Wildman–Crippen MR) is 83.5 cm³/mol. The molecular weight excluding hydrogens is 373 g/mol. The molecule has 0 amide bonds. The molecule has 1 unspecified atom stereocenters. The maximum Gasteiger partial charge on any atom is 0.137 e. The second-order valence-corrected chi connectivity index (χ2v) is 6.53. The van der Waals surface area contributed by atoms with Crippen LogP contribution in [0.3, 0.4) is 0 Å². The van der Waals surface area contributed by atoms with Crippen molar-refractivity contribution in [1.29, 1.82) is 0 Å². The van der Waals surface area contributed by atoms with E-state index in [9.17, 15) is 4.39 Å². The molecule has 0 heterocycles. The molecule has 1 atom stereocenters. The molecule has 0 radical (unpaired) electrons. The molecule has 100 valence electrons. The van der Waals surface area contributed by atoms with Crippen LogP contribution >= 0.6 is 31.9 Å². The van der Waals surface area contributed by atoms with Crippen molar-refractivity contribution in [3.05, 3.63) is 68.4 Å². The molecule has 0 aliphatic carbocycles. The molecule has 2 aromatic carbocycles. The Morgan fingerprint density at radius 1 is 1.16 bits per heavy atom. The molecule has 2 aromatic rings. The summed E-state index contributed by atoms with van der Waals surface area (Å²) in [6, 6.07) is 12.9. The third-order valence-corrected chi connectivity index (χ3v) is 4.45. The molecule has 1 nitrogen and oxygen atoms in total. The highest BCUT2D eigenvalue weighted by Gasteiger charge is 2.23. The van der Waals surface area contributed by atoms with E-state index in [4.69, 9.17) is 5.73 Å². The van der Waals surface area contributed by atoms with Gasteiger partial charge in [-0.2, -0.15) is 0 Å². The van der Waals surface area contributed by atoms with E-state index in [1.807, 2.05) is 37.3 Å². The van der Waals surface area contributed by atoms with Gasteiger partial charge in [-0.1, -0.05) is 40.2 Å². The Bertz CT molecular complexity index is 596. The van der Waals surface area contributed by atoms with Crippen LogP contribution in [0.5, 0.6) is 0 Å². The summed E-state index contributed by atoms with van der Waals surface area (Å²) in [6.07, 6.45) is 0.557. The normalized spacial score (nSPS) is 14.2. The fraction of sp³-hybridized carbons (Fsp3) is 0.200. The maximum absolute atomic E-state index is 13.5. The zero-order chi connectivity index (χ0) is 14.0. The highest BCUT2D eigenvalue weighted by Crippen LogP contribution is 2.29. The average Bonchev–Trinajstić information content (AvgIpc) is 2.35. The standard InChI is InChI=1S/C15H14Br2FN/c1-15(19,11-5-3-6-12(16)8-11)9-10-4-2-7-13(18)14(10)17/h2-8H,9,19H2,1H3. The van der Waals surface area contributed by atoms with Crippen LogP contribution in [0.15, 0.2) is 51.4 Å². The van der Waals surface area contributed by atoms with Crippen LogP contribution in [0.2, 0.25) is 0 Å². The summed E-state index contributed by atoms with van der Waals surface area (Å²) < 4.78 is 15.0. The molecule has 0 aromatic heterocycles. The first-order chi connectivity index (χ1) is 8.90. The van der Waals surface area contributed by atoms with E-state index in [2.05, 4.69) is 31.9 Å². The maximum atomic E-state index is 13.5. The van der Waals surface area contributed by atoms with Crippen molar-refractivity contribution in [3.63, 3.8) is 0 Å². The van der Waals surface area contributed by atoms with Crippen LogP contribution in [0.25, 0.3) is 0 Å². The van der Waals surface area contributed by atoms with Gasteiger partial charge in [-0.05, 0) is 58.6 Å². The van der Waals surface area contributed by atoms with Gasteiger partial charge in [0, 0.05) is 10.0 Å². The van der Waals surface area contributed by atoms with Crippen LogP contribution < -0.4 is 5.73 Å². The monoisotopic (exact) mass is 385 g/mol. The van der Waals surface area contributed by atoms with Crippen molar-refractivity contribution in [1.82, 2.24) is 0 Å². The average molecular weight is 387 g/mol. The summed E-state index contributed by atoms with van der Waals surface area (Å²) in [7, 11) is 0. The van der Waals surface area contributed by atoms with Gasteiger partial charge in [0.15, 0.2) is 0 Å². The van der Waals surface area contributed by atoms with Gasteiger partial charge in [0.1, 0.15) is 5.82 Å². The van der Waals surface area contributed by atoms with Gasteiger partial charge in [-0.3, -0.25) is 0 Å². The summed E-state index contributed by atoms with van der Waals surface area (Å²) in [6.45, 7) is 1.95. The van der Waals surface area contributed by atoms with Crippen LogP contribution in [-0.4, -0.2) is 0 Å². The molecule has 2 N–H and O–H groups in total. The van der Waals surface area contributed by atoms with Crippen LogP contribution in [-0.2, 0) is 12.0 Å². The summed E-state index contributed by atoms with van der Waals surface area (Å²) in [5.41, 5.74) is 7.72. The topological polar surface area (TPSA) is 26.0 Å². The van der Waals surface area contributed by atoms with Gasteiger partial charge >= 0.3 is 0 Å². The lowest BCUT2D eigenvalue weighted by atomic mass is 9.86. The molecule has 0 saturated heterocycles. The minimum atomic E-state index is -0.555. The van der Waals surface area contributed by atoms with Gasteiger partial charge < -0.3 is 5.73 Å². The fourth-order valence-electron chi connectivity index (χ4n) is 2.03. The number of hydrogen-bond donors (Lipinski definition) is 1. The summed E-state index contributed by atoms with van der Waals surface area (Å²) >= 11 is 6.72. The van der Waals surface area contributed by atoms with E-state index >= 15 is 0 Å². The lowest BCUT2D eigenvalue weighted by molar-refractivity contribution is 0.488. The minimum absolute atomic E-state index is 0.262. The zero-order valence-corrected chi connectivity index (χ0v) is 13.6. The molecule has 0 spiro atoms. The Balaban J connectivity index is 2.33. The second kappa shape index (κ2) is 5.73. The van der Waals surface area contributed by atoms with Crippen molar-refractivity contribution in [2.45, 2.75) is 18.9 Å². The highest BCUT2D eigenvalue weighted by atomic mass is 79.9. The lowest BCUT2D eigenvalue weighted by Gasteiger charge is -2.26. The summed E-state index contributed by atoms with van der Waals surface area (Å²) in [4.78, 5) is 0. The van der Waals surface area contributed by atoms with Crippen molar-refractivity contribution in [2.24, 2.45) is 5.73 Å². The van der Waals surface area contributed by atoms with Crippen LogP contribution in [0.4, 0.5) is 4.39 Å². The van der Waals surface area contributed by atoms with Crippen LogP contribution in [0, 0.1) is 5.82 Å². The van der Waals surface area contributed by atoms with Crippen LogP contribution in [0.1, 0.15) is 18.1 Å². The molecule has 2 rings (SSSR count). The smallest absolute Gasteiger partial charge is 0.137 e. The van der Waals surface area contributed by atoms with Gasteiger partial charge in [0.05, 0.1) is 4.47 Å². The zero-order valence-electron chi connectivity index (χ0n) is 10.5. The van der Waals surface area contributed by atoms with Gasteiger partial charge in [-0.25, -0.2) is 4.39 Å². The molecule has 0 aliphatic heterocycles. The molecule has 0 bridgehead atoms. The van der Waals surface area contributed by atoms with Crippen molar-refractivity contribution < 1.29 is 4.39 Å². The van der Waals surface area contributed by atoms with Gasteiger partial charge in [-0.15, -0.1) is 0 Å². The Morgan fingerprint density at radius 2 is 1.84 bits per heavy atom. The third-order valence-electron chi connectivity index (χ3n) is 3.07. The molecule has 19 heavy (non-hydrogen) atoms. The summed E-state index contributed by atoms with van der Waals surface area (Å²) in [5.74, 6) is -0.262. The van der Waals surface area contributed by atoms with E-state index in [1.54, 1.807) is 6.07 Å². The van der Waals surface area contributed by atoms with E-state index < -0.39 is 5.54 Å². The predicted octanol–water partition coefficient (Wildman–Crippen LogP) is 4.77. The van der Waals surface area contributed by atoms with Crippen molar-refractivity contribution in [3.8, 4) is 0 Å². The lowest BCUT2D eigenvalue weighted by Crippen LogP contribution is -2.35. The third kappa shape index (κ3) is 3.44. The Labute approximate surface area is 129 Å². The van der Waals surface area contributed by atoms with E-state index in [0.717, 1.165) is 15.6 Å². The first kappa shape index (κ1) is 14.7. The Morgan fingerprint density at radius 3 is 2.53 bits per heavy atom. The number of nitrogens with two attached hydrogens (primary N) is 1. The first-order valence-corrected chi connectivity index (χ1v) is 7.46. The molecular formula is C15H14Br2FN. The van der Waals surface area contributed by atoms with E-state index in [-0.39, 0.29) is 5.82 Å². The molecule has 0 saturated carbocycles. The molecule has 4 heteroatoms. The second-order valence-electron chi connectivity index (χ2n) is 4.82. The van der Waals surface area contributed by atoms with E-state index in [1.165, 1.54) is 6.07 Å². The van der Waals surface area contributed by atoms with Crippen molar-refractivity contribution in [2.75, 3.05) is 0 Å². The Kier molecular flexibility index (Phi) is 4.43. The summed E-state index contributed by atoms with van der Waals surface area (Å²) in [5, 5.41) is 0. The molecule has 0 fully saturated rings. The minimum Gasteiger partial charge on any atom is -0.321 e. The van der Waals surface area contributed by atoms with Gasteiger partial charge in [0.25, 0.3) is 0 Å². The van der Waals surface area contributed by atoms with Gasteiger partial charge in [0.2, 0.25) is 0 Å². The first-order valence-electron chi connectivity index (χ1n) is 5.88. The number of hydrogen-bond acceptors (Lipinski definition) is 1. The quantitative estimate of drug-likeness (QED) is 0.807.